The van der Waals surface area contributed by atoms with Crippen molar-refractivity contribution in [3.05, 3.63) is 29.8 Å². The molecule has 1 fully saturated rings. The number of hydrogen-bond acceptors (Lipinski definition) is 6. The lowest BCUT2D eigenvalue weighted by molar-refractivity contribution is -0.133. The van der Waals surface area contributed by atoms with Gasteiger partial charge in [0.15, 0.2) is 0 Å². The Morgan fingerprint density at radius 1 is 1.22 bits per heavy atom. The van der Waals surface area contributed by atoms with Gasteiger partial charge in [0.05, 0.1) is 39.6 Å². The summed E-state index contributed by atoms with van der Waals surface area (Å²) >= 11 is 0. The average Bonchev–Trinajstić information content (AvgIpc) is 2.72. The van der Waals surface area contributed by atoms with Crippen LogP contribution in [-0.4, -0.2) is 76.7 Å². The maximum absolute atomic E-state index is 12.4. The van der Waals surface area contributed by atoms with Crippen LogP contribution in [0.3, 0.4) is 0 Å². The first kappa shape index (κ1) is 21.6. The Labute approximate surface area is 161 Å². The van der Waals surface area contributed by atoms with Gasteiger partial charge in [-0.1, -0.05) is 12.1 Å². The summed E-state index contributed by atoms with van der Waals surface area (Å²) in [5.74, 6) is 0.707. The molecule has 0 aliphatic carbocycles. The predicted molar refractivity (Wildman–Crippen MR) is 103 cm³/mol. The quantitative estimate of drug-likeness (QED) is 0.589. The minimum absolute atomic E-state index is 0.0828. The van der Waals surface area contributed by atoms with Crippen LogP contribution in [0.15, 0.2) is 24.3 Å². The highest BCUT2D eigenvalue weighted by atomic mass is 16.5. The number of morpholine rings is 1. The maximum Gasteiger partial charge on any atom is 0.248 e. The van der Waals surface area contributed by atoms with Crippen molar-refractivity contribution in [3.63, 3.8) is 0 Å². The van der Waals surface area contributed by atoms with Crippen molar-refractivity contribution in [3.8, 4) is 5.75 Å². The monoisotopic (exact) mass is 380 g/mol. The molecule has 0 radical (unpaired) electrons. The number of hydrogen-bond donors (Lipinski definition) is 1. The second kappa shape index (κ2) is 11.9. The van der Waals surface area contributed by atoms with Gasteiger partial charge in [-0.05, 0) is 31.5 Å². The SMILES string of the molecule is CCOCCOC(C)C(=O)NCC(c1ccc(OC)cc1)N1CCOCC1. The lowest BCUT2D eigenvalue weighted by Crippen LogP contribution is -2.45. The van der Waals surface area contributed by atoms with E-state index in [-0.39, 0.29) is 11.9 Å². The number of rotatable bonds is 11. The van der Waals surface area contributed by atoms with Crippen LogP contribution >= 0.6 is 0 Å². The third-order valence-electron chi connectivity index (χ3n) is 4.63. The second-order valence-electron chi connectivity index (χ2n) is 6.39. The van der Waals surface area contributed by atoms with Gasteiger partial charge in [0.2, 0.25) is 5.91 Å². The molecular weight excluding hydrogens is 348 g/mol. The summed E-state index contributed by atoms with van der Waals surface area (Å²) in [7, 11) is 1.65. The van der Waals surface area contributed by atoms with E-state index in [1.807, 2.05) is 31.2 Å². The summed E-state index contributed by atoms with van der Waals surface area (Å²) in [5.41, 5.74) is 1.14. The summed E-state index contributed by atoms with van der Waals surface area (Å²) in [5, 5.41) is 3.03. The van der Waals surface area contributed by atoms with Crippen LogP contribution in [0.5, 0.6) is 5.75 Å². The summed E-state index contributed by atoms with van der Waals surface area (Å²) in [6.45, 7) is 8.86. The van der Waals surface area contributed by atoms with Gasteiger partial charge in [0, 0.05) is 26.2 Å². The third-order valence-corrected chi connectivity index (χ3v) is 4.63. The summed E-state index contributed by atoms with van der Waals surface area (Å²) in [6, 6.07) is 8.08. The highest BCUT2D eigenvalue weighted by Crippen LogP contribution is 2.23. The van der Waals surface area contributed by atoms with Crippen molar-refractivity contribution in [2.24, 2.45) is 0 Å². The van der Waals surface area contributed by atoms with Crippen molar-refractivity contribution >= 4 is 5.91 Å². The molecule has 2 atom stereocenters. The van der Waals surface area contributed by atoms with Gasteiger partial charge in [-0.25, -0.2) is 0 Å². The molecule has 0 bridgehead atoms. The molecule has 0 saturated carbocycles. The smallest absolute Gasteiger partial charge is 0.248 e. The number of carbonyl (C=O) groups is 1. The molecule has 0 aromatic heterocycles. The van der Waals surface area contributed by atoms with E-state index in [0.29, 0.717) is 39.6 Å². The Morgan fingerprint density at radius 2 is 1.93 bits per heavy atom. The average molecular weight is 380 g/mol. The van der Waals surface area contributed by atoms with Gasteiger partial charge < -0.3 is 24.3 Å². The summed E-state index contributed by atoms with van der Waals surface area (Å²) < 4.78 is 21.5. The third kappa shape index (κ3) is 7.10. The lowest BCUT2D eigenvalue weighted by atomic mass is 10.0. The fourth-order valence-corrected chi connectivity index (χ4v) is 3.02. The molecule has 2 rings (SSSR count). The van der Waals surface area contributed by atoms with Gasteiger partial charge in [-0.3, -0.25) is 9.69 Å². The molecule has 152 valence electrons. The van der Waals surface area contributed by atoms with Crippen LogP contribution in [0, 0.1) is 0 Å². The second-order valence-corrected chi connectivity index (χ2v) is 6.39. The predicted octanol–water partition coefficient (Wildman–Crippen LogP) is 1.63. The number of amides is 1. The van der Waals surface area contributed by atoms with E-state index >= 15 is 0 Å². The zero-order valence-corrected chi connectivity index (χ0v) is 16.6. The normalized spacial score (nSPS) is 17.3. The number of nitrogens with one attached hydrogen (secondary N) is 1. The van der Waals surface area contributed by atoms with Crippen molar-refractivity contribution in [1.29, 1.82) is 0 Å². The number of benzene rings is 1. The Morgan fingerprint density at radius 3 is 2.56 bits per heavy atom. The van der Waals surface area contributed by atoms with E-state index in [1.54, 1.807) is 14.0 Å². The Kier molecular flexibility index (Phi) is 9.55. The van der Waals surface area contributed by atoms with E-state index in [4.69, 9.17) is 18.9 Å². The highest BCUT2D eigenvalue weighted by Gasteiger charge is 2.24. The molecule has 1 aliphatic heterocycles. The zero-order chi connectivity index (χ0) is 19.5. The molecule has 1 N–H and O–H groups in total. The molecule has 1 amide bonds. The van der Waals surface area contributed by atoms with E-state index in [2.05, 4.69) is 10.2 Å². The lowest BCUT2D eigenvalue weighted by Gasteiger charge is -2.35. The Bertz CT molecular complexity index is 546. The van der Waals surface area contributed by atoms with Gasteiger partial charge in [-0.15, -0.1) is 0 Å². The number of carbonyl (C=O) groups excluding carboxylic acids is 1. The maximum atomic E-state index is 12.4. The largest absolute Gasteiger partial charge is 0.497 e. The first-order chi connectivity index (χ1) is 13.2. The minimum atomic E-state index is -0.508. The van der Waals surface area contributed by atoms with Crippen LogP contribution in [0.2, 0.25) is 0 Å². The molecule has 0 spiro atoms. The molecule has 1 saturated heterocycles. The van der Waals surface area contributed by atoms with Gasteiger partial charge >= 0.3 is 0 Å². The van der Waals surface area contributed by atoms with Crippen LogP contribution in [0.25, 0.3) is 0 Å². The van der Waals surface area contributed by atoms with E-state index in [1.165, 1.54) is 0 Å². The van der Waals surface area contributed by atoms with Crippen LogP contribution < -0.4 is 10.1 Å². The summed E-state index contributed by atoms with van der Waals surface area (Å²) in [6.07, 6.45) is -0.508. The van der Waals surface area contributed by atoms with Gasteiger partial charge in [0.25, 0.3) is 0 Å². The molecule has 7 nitrogen and oxygen atoms in total. The fourth-order valence-electron chi connectivity index (χ4n) is 3.02. The Balaban J connectivity index is 1.93. The molecule has 1 aromatic carbocycles. The zero-order valence-electron chi connectivity index (χ0n) is 16.6. The number of nitrogens with zero attached hydrogens (tertiary/aromatic N) is 1. The first-order valence-corrected chi connectivity index (χ1v) is 9.58. The van der Waals surface area contributed by atoms with E-state index < -0.39 is 6.10 Å². The van der Waals surface area contributed by atoms with Crippen molar-refractivity contribution < 1.29 is 23.7 Å². The number of methoxy groups -OCH3 is 1. The standard InChI is InChI=1S/C20H32N2O5/c1-4-25-13-14-27-16(2)20(23)21-15-19(22-9-11-26-12-10-22)17-5-7-18(24-3)8-6-17/h5-8,16,19H,4,9-15H2,1-3H3,(H,21,23). The molecule has 27 heavy (non-hydrogen) atoms. The van der Waals surface area contributed by atoms with E-state index in [0.717, 1.165) is 24.4 Å². The fraction of sp³-hybridized carbons (Fsp3) is 0.650. The molecule has 7 heteroatoms. The topological polar surface area (TPSA) is 69.3 Å². The van der Waals surface area contributed by atoms with Crippen molar-refractivity contribution in [2.75, 3.05) is 59.8 Å². The number of ether oxygens (including phenoxy) is 4. The van der Waals surface area contributed by atoms with Crippen molar-refractivity contribution in [2.45, 2.75) is 26.0 Å². The van der Waals surface area contributed by atoms with Gasteiger partial charge in [-0.2, -0.15) is 0 Å². The highest BCUT2D eigenvalue weighted by molar-refractivity contribution is 5.80. The molecular formula is C20H32N2O5. The van der Waals surface area contributed by atoms with Gasteiger partial charge in [0.1, 0.15) is 11.9 Å². The summed E-state index contributed by atoms with van der Waals surface area (Å²) in [4.78, 5) is 14.7. The minimum Gasteiger partial charge on any atom is -0.497 e. The van der Waals surface area contributed by atoms with Crippen LogP contribution in [0.1, 0.15) is 25.5 Å². The first-order valence-electron chi connectivity index (χ1n) is 9.58. The molecule has 1 aliphatic rings. The van der Waals surface area contributed by atoms with Crippen LogP contribution in [0.4, 0.5) is 0 Å². The van der Waals surface area contributed by atoms with Crippen molar-refractivity contribution in [1.82, 2.24) is 10.2 Å². The van der Waals surface area contributed by atoms with Crippen LogP contribution in [-0.2, 0) is 19.0 Å². The Hall–Kier alpha value is -1.67. The van der Waals surface area contributed by atoms with E-state index in [9.17, 15) is 4.79 Å². The molecule has 1 heterocycles. The molecule has 1 aromatic rings. The molecule has 2 unspecified atom stereocenters.